The number of hydrogen-bond donors (Lipinski definition) is 4. The van der Waals surface area contributed by atoms with E-state index in [4.69, 9.17) is 21.5 Å². The molecule has 0 aromatic carbocycles. The molecule has 0 amide bonds. The van der Waals surface area contributed by atoms with Crippen molar-refractivity contribution in [2.24, 2.45) is 21.5 Å². The Bertz CT molecular complexity index is 437. The Morgan fingerprint density at radius 1 is 0.655 bits per heavy atom. The molecule has 2 aliphatic rings. The Labute approximate surface area is 177 Å². The van der Waals surface area contributed by atoms with E-state index in [1.54, 1.807) is 0 Å². The maximum Gasteiger partial charge on any atom is 0.0990 e. The highest BCUT2D eigenvalue weighted by atomic mass is 15.2. The third-order valence-corrected chi connectivity index (χ3v) is 5.62. The number of amidine groups is 2. The standard InChI is InChI=1S/C21H44N8/c22-8-10-24-12-16-28-18-14-26-20(28)6-4-2-1-3-5-7-21-27-15-19-29(21)17-13-25-11-9-23/h24-25H,1-19,22-23H2. The minimum absolute atomic E-state index is 0.707. The lowest BCUT2D eigenvalue weighted by Gasteiger charge is -2.21. The van der Waals surface area contributed by atoms with Gasteiger partial charge in [0.15, 0.2) is 0 Å². The van der Waals surface area contributed by atoms with Crippen molar-refractivity contribution in [1.29, 1.82) is 0 Å². The normalized spacial score (nSPS) is 16.6. The van der Waals surface area contributed by atoms with Crippen LogP contribution in [0.2, 0.25) is 0 Å². The van der Waals surface area contributed by atoms with E-state index in [1.165, 1.54) is 43.8 Å². The molecule has 2 aliphatic heterocycles. The zero-order chi connectivity index (χ0) is 20.6. The van der Waals surface area contributed by atoms with Crippen molar-refractivity contribution in [1.82, 2.24) is 20.4 Å². The SMILES string of the molecule is NCCNCCN1CCN=C1CCCCCCCC1=NCCN1CCNCCN. The predicted octanol–water partition coefficient (Wildman–Crippen LogP) is 0.242. The van der Waals surface area contributed by atoms with Gasteiger partial charge in [0.1, 0.15) is 0 Å². The van der Waals surface area contributed by atoms with Crippen molar-refractivity contribution >= 4 is 11.7 Å². The van der Waals surface area contributed by atoms with E-state index in [1.807, 2.05) is 0 Å². The van der Waals surface area contributed by atoms with Crippen LogP contribution in [0, 0.1) is 0 Å². The molecule has 0 saturated heterocycles. The minimum atomic E-state index is 0.707. The molecule has 0 aromatic heterocycles. The second kappa shape index (κ2) is 15.6. The number of unbranched alkanes of at least 4 members (excludes halogenated alkanes) is 4. The van der Waals surface area contributed by atoms with Crippen LogP contribution in [-0.2, 0) is 0 Å². The van der Waals surface area contributed by atoms with Crippen LogP contribution in [-0.4, -0.2) is 100 Å². The third-order valence-electron chi connectivity index (χ3n) is 5.62. The lowest BCUT2D eigenvalue weighted by atomic mass is 10.1. The Balaban J connectivity index is 1.46. The summed E-state index contributed by atoms with van der Waals surface area (Å²) in [5.74, 6) is 2.64. The van der Waals surface area contributed by atoms with E-state index in [0.717, 1.165) is 78.3 Å². The van der Waals surface area contributed by atoms with Crippen LogP contribution < -0.4 is 22.1 Å². The fourth-order valence-electron chi connectivity index (χ4n) is 3.99. The molecule has 0 saturated carbocycles. The summed E-state index contributed by atoms with van der Waals surface area (Å²) in [7, 11) is 0. The Hall–Kier alpha value is -1.22. The summed E-state index contributed by atoms with van der Waals surface area (Å²) in [5.41, 5.74) is 11.0. The van der Waals surface area contributed by atoms with Gasteiger partial charge in [-0.2, -0.15) is 0 Å². The highest BCUT2D eigenvalue weighted by molar-refractivity contribution is 5.84. The van der Waals surface area contributed by atoms with Crippen molar-refractivity contribution in [2.45, 2.75) is 44.9 Å². The number of rotatable bonds is 18. The van der Waals surface area contributed by atoms with E-state index in [9.17, 15) is 0 Å². The molecule has 8 heteroatoms. The van der Waals surface area contributed by atoms with Crippen molar-refractivity contribution in [3.05, 3.63) is 0 Å². The van der Waals surface area contributed by atoms with E-state index < -0.39 is 0 Å². The summed E-state index contributed by atoms with van der Waals surface area (Å²) in [5, 5.41) is 6.75. The summed E-state index contributed by atoms with van der Waals surface area (Å²) < 4.78 is 0. The summed E-state index contributed by atoms with van der Waals surface area (Å²) in [6.07, 6.45) is 8.70. The van der Waals surface area contributed by atoms with Gasteiger partial charge in [0.05, 0.1) is 24.8 Å². The topological polar surface area (TPSA) is 107 Å². The maximum atomic E-state index is 5.52. The third kappa shape index (κ3) is 9.89. The Morgan fingerprint density at radius 2 is 1.10 bits per heavy atom. The number of aliphatic imine (C=N–C) groups is 2. The van der Waals surface area contributed by atoms with Gasteiger partial charge in [0, 0.05) is 78.3 Å². The first kappa shape index (κ1) is 24.1. The maximum absolute atomic E-state index is 5.52. The zero-order valence-electron chi connectivity index (χ0n) is 18.4. The molecule has 0 unspecified atom stereocenters. The number of nitrogens with one attached hydrogen (secondary N) is 2. The molecule has 29 heavy (non-hydrogen) atoms. The summed E-state index contributed by atoms with van der Waals surface area (Å²) >= 11 is 0. The lowest BCUT2D eigenvalue weighted by molar-refractivity contribution is 0.433. The van der Waals surface area contributed by atoms with Crippen molar-refractivity contribution < 1.29 is 0 Å². The molecule has 2 heterocycles. The molecule has 0 fully saturated rings. The van der Waals surface area contributed by atoms with Gasteiger partial charge < -0.3 is 31.9 Å². The van der Waals surface area contributed by atoms with Gasteiger partial charge >= 0.3 is 0 Å². The molecular formula is C21H44N8. The molecule has 0 aromatic rings. The number of hydrogen-bond acceptors (Lipinski definition) is 8. The van der Waals surface area contributed by atoms with E-state index in [0.29, 0.717) is 13.1 Å². The van der Waals surface area contributed by atoms with Gasteiger partial charge in [0.2, 0.25) is 0 Å². The molecule has 168 valence electrons. The van der Waals surface area contributed by atoms with Crippen LogP contribution in [0.4, 0.5) is 0 Å². The smallest absolute Gasteiger partial charge is 0.0990 e. The molecule has 0 bridgehead atoms. The van der Waals surface area contributed by atoms with Gasteiger partial charge in [-0.1, -0.05) is 19.3 Å². The number of nitrogens with zero attached hydrogens (tertiary/aromatic N) is 4. The molecule has 0 aliphatic carbocycles. The molecule has 2 rings (SSSR count). The van der Waals surface area contributed by atoms with Crippen molar-refractivity contribution in [2.75, 3.05) is 78.5 Å². The average Bonchev–Trinajstić information content (AvgIpc) is 3.37. The Morgan fingerprint density at radius 3 is 1.55 bits per heavy atom. The van der Waals surface area contributed by atoms with Gasteiger partial charge in [-0.25, -0.2) is 0 Å². The van der Waals surface area contributed by atoms with Crippen molar-refractivity contribution in [3.8, 4) is 0 Å². The second-order valence-electron chi connectivity index (χ2n) is 7.92. The first-order valence-corrected chi connectivity index (χ1v) is 11.7. The lowest BCUT2D eigenvalue weighted by Crippen LogP contribution is -2.36. The first-order chi connectivity index (χ1) is 14.3. The van der Waals surface area contributed by atoms with Crippen LogP contribution >= 0.6 is 0 Å². The van der Waals surface area contributed by atoms with Crippen LogP contribution in [0.3, 0.4) is 0 Å². The molecule has 8 nitrogen and oxygen atoms in total. The van der Waals surface area contributed by atoms with E-state index in [-0.39, 0.29) is 0 Å². The molecule has 0 radical (unpaired) electrons. The van der Waals surface area contributed by atoms with Crippen molar-refractivity contribution in [3.63, 3.8) is 0 Å². The van der Waals surface area contributed by atoms with Gasteiger partial charge in [0.25, 0.3) is 0 Å². The van der Waals surface area contributed by atoms with Gasteiger partial charge in [-0.05, 0) is 12.8 Å². The van der Waals surface area contributed by atoms with Gasteiger partial charge in [-0.15, -0.1) is 0 Å². The van der Waals surface area contributed by atoms with Crippen LogP contribution in [0.1, 0.15) is 44.9 Å². The summed E-state index contributed by atoms with van der Waals surface area (Å²) in [6.45, 7) is 11.4. The highest BCUT2D eigenvalue weighted by Gasteiger charge is 2.16. The van der Waals surface area contributed by atoms with Crippen LogP contribution in [0.25, 0.3) is 0 Å². The monoisotopic (exact) mass is 408 g/mol. The van der Waals surface area contributed by atoms with E-state index >= 15 is 0 Å². The molecular weight excluding hydrogens is 364 g/mol. The predicted molar refractivity (Wildman–Crippen MR) is 124 cm³/mol. The average molecular weight is 409 g/mol. The highest BCUT2D eigenvalue weighted by Crippen LogP contribution is 2.14. The fourth-order valence-corrected chi connectivity index (χ4v) is 3.99. The number of nitrogens with two attached hydrogens (primary N) is 2. The minimum Gasteiger partial charge on any atom is -0.357 e. The van der Waals surface area contributed by atoms with Crippen LogP contribution in [0.5, 0.6) is 0 Å². The van der Waals surface area contributed by atoms with Gasteiger partial charge in [-0.3, -0.25) is 9.98 Å². The van der Waals surface area contributed by atoms with E-state index in [2.05, 4.69) is 20.4 Å². The quantitative estimate of drug-likeness (QED) is 0.242. The summed E-state index contributed by atoms with van der Waals surface area (Å²) in [6, 6.07) is 0. The fraction of sp³-hybridized carbons (Fsp3) is 0.905. The van der Waals surface area contributed by atoms with Crippen LogP contribution in [0.15, 0.2) is 9.98 Å². The second-order valence-corrected chi connectivity index (χ2v) is 7.92. The summed E-state index contributed by atoms with van der Waals surface area (Å²) in [4.78, 5) is 14.3. The Kier molecular flexibility index (Phi) is 12.9. The molecule has 6 N–H and O–H groups in total. The zero-order valence-corrected chi connectivity index (χ0v) is 18.4. The largest absolute Gasteiger partial charge is 0.357 e. The molecule has 0 atom stereocenters. The molecule has 0 spiro atoms. The first-order valence-electron chi connectivity index (χ1n) is 11.7.